The minimum atomic E-state index is -1.03. The molecule has 0 fully saturated rings. The first kappa shape index (κ1) is 13.5. The van der Waals surface area contributed by atoms with E-state index in [2.05, 4.69) is 35.1 Å². The zero-order valence-electron chi connectivity index (χ0n) is 12.1. The molecular weight excluding hydrogens is 266 g/mol. The van der Waals surface area contributed by atoms with Crippen molar-refractivity contribution >= 4 is 17.6 Å². The van der Waals surface area contributed by atoms with Gasteiger partial charge in [-0.15, -0.1) is 0 Å². The number of anilines is 2. The van der Waals surface area contributed by atoms with Crippen molar-refractivity contribution in [3.63, 3.8) is 0 Å². The van der Waals surface area contributed by atoms with Gasteiger partial charge in [0.1, 0.15) is 0 Å². The number of benzene rings is 1. The van der Waals surface area contributed by atoms with Gasteiger partial charge in [0, 0.05) is 17.9 Å². The van der Waals surface area contributed by atoms with E-state index in [0.29, 0.717) is 11.6 Å². The van der Waals surface area contributed by atoms with Crippen LogP contribution in [-0.2, 0) is 6.42 Å². The van der Waals surface area contributed by atoms with Crippen molar-refractivity contribution in [3.8, 4) is 0 Å². The van der Waals surface area contributed by atoms with Gasteiger partial charge >= 0.3 is 5.97 Å². The van der Waals surface area contributed by atoms with Crippen LogP contribution < -0.4 is 4.90 Å². The first-order chi connectivity index (χ1) is 10.0. The molecule has 0 atom stereocenters. The molecule has 0 aliphatic carbocycles. The van der Waals surface area contributed by atoms with Gasteiger partial charge in [0.2, 0.25) is 5.95 Å². The van der Waals surface area contributed by atoms with Crippen LogP contribution in [0, 0.1) is 13.8 Å². The summed E-state index contributed by atoms with van der Waals surface area (Å²) in [5.74, 6) is -0.555. The number of hydrogen-bond donors (Lipinski definition) is 1. The topological polar surface area (TPSA) is 66.3 Å². The highest BCUT2D eigenvalue weighted by Gasteiger charge is 2.21. The molecule has 21 heavy (non-hydrogen) atoms. The van der Waals surface area contributed by atoms with Crippen molar-refractivity contribution < 1.29 is 9.90 Å². The van der Waals surface area contributed by atoms with Crippen LogP contribution in [0.2, 0.25) is 0 Å². The van der Waals surface area contributed by atoms with Crippen molar-refractivity contribution in [3.05, 3.63) is 46.8 Å². The average Bonchev–Trinajstić information content (AvgIpc) is 2.45. The lowest BCUT2D eigenvalue weighted by atomic mass is 10.00. The summed E-state index contributed by atoms with van der Waals surface area (Å²) in [5.41, 5.74) is 4.28. The summed E-state index contributed by atoms with van der Waals surface area (Å²) in [5, 5.41) is 9.15. The Balaban J connectivity index is 2.08. The maximum absolute atomic E-state index is 11.2. The zero-order valence-corrected chi connectivity index (χ0v) is 12.1. The molecule has 1 aliphatic rings. The fourth-order valence-electron chi connectivity index (χ4n) is 2.72. The molecule has 0 radical (unpaired) electrons. The number of nitrogens with zero attached hydrogens (tertiary/aromatic N) is 3. The Morgan fingerprint density at radius 1 is 1.24 bits per heavy atom. The van der Waals surface area contributed by atoms with Gasteiger partial charge in [-0.2, -0.15) is 0 Å². The first-order valence-electron chi connectivity index (χ1n) is 7.00. The van der Waals surface area contributed by atoms with Gasteiger partial charge in [0.15, 0.2) is 5.69 Å². The van der Waals surface area contributed by atoms with Crippen LogP contribution in [0.5, 0.6) is 0 Å². The number of rotatable bonds is 2. The highest BCUT2D eigenvalue weighted by atomic mass is 16.4. The van der Waals surface area contributed by atoms with Crippen molar-refractivity contribution in [1.82, 2.24) is 9.97 Å². The molecule has 5 nitrogen and oxygen atoms in total. The highest BCUT2D eigenvalue weighted by Crippen LogP contribution is 2.32. The maximum atomic E-state index is 11.2. The molecular formula is C16H17N3O2. The van der Waals surface area contributed by atoms with Crippen LogP contribution in [-0.4, -0.2) is 27.6 Å². The number of aryl methyl sites for hydroxylation is 3. The van der Waals surface area contributed by atoms with Gasteiger partial charge in [-0.3, -0.25) is 0 Å². The Labute approximate surface area is 123 Å². The summed E-state index contributed by atoms with van der Waals surface area (Å²) in [6.45, 7) is 4.67. The monoisotopic (exact) mass is 283 g/mol. The third-order valence-corrected chi connectivity index (χ3v) is 3.66. The minimum Gasteiger partial charge on any atom is -0.477 e. The molecule has 0 spiro atoms. The predicted molar refractivity (Wildman–Crippen MR) is 80.2 cm³/mol. The van der Waals surface area contributed by atoms with Crippen LogP contribution in [0.3, 0.4) is 0 Å². The van der Waals surface area contributed by atoms with Crippen LogP contribution >= 0.6 is 0 Å². The van der Waals surface area contributed by atoms with Crippen LogP contribution in [0.4, 0.5) is 11.6 Å². The van der Waals surface area contributed by atoms with Crippen molar-refractivity contribution in [2.45, 2.75) is 26.7 Å². The number of carboxylic acids is 1. The molecule has 5 heteroatoms. The molecule has 1 aromatic heterocycles. The lowest BCUT2D eigenvalue weighted by molar-refractivity contribution is 0.0690. The Kier molecular flexibility index (Phi) is 3.33. The van der Waals surface area contributed by atoms with E-state index in [-0.39, 0.29) is 5.69 Å². The number of carboxylic acid groups (broad SMARTS) is 1. The van der Waals surface area contributed by atoms with E-state index in [1.807, 2.05) is 4.90 Å². The van der Waals surface area contributed by atoms with E-state index >= 15 is 0 Å². The maximum Gasteiger partial charge on any atom is 0.354 e. The standard InChI is InChI=1S/C16H17N3O2/c1-10-5-6-14-12(8-10)4-3-7-19(14)16-17-11(2)9-13(18-16)15(20)21/h5-6,8-9H,3-4,7H2,1-2H3,(H,20,21). The van der Waals surface area contributed by atoms with Gasteiger partial charge in [0.05, 0.1) is 0 Å². The molecule has 0 amide bonds. The number of aromatic carboxylic acids is 1. The minimum absolute atomic E-state index is 0.0386. The molecule has 2 heterocycles. The third-order valence-electron chi connectivity index (χ3n) is 3.66. The second-order valence-corrected chi connectivity index (χ2v) is 5.39. The van der Waals surface area contributed by atoms with Gasteiger partial charge in [0.25, 0.3) is 0 Å². The second kappa shape index (κ2) is 5.16. The highest BCUT2D eigenvalue weighted by molar-refractivity contribution is 5.86. The van der Waals surface area contributed by atoms with Gasteiger partial charge in [-0.25, -0.2) is 14.8 Å². The van der Waals surface area contributed by atoms with E-state index in [1.54, 1.807) is 6.92 Å². The average molecular weight is 283 g/mol. The largest absolute Gasteiger partial charge is 0.477 e. The zero-order chi connectivity index (χ0) is 15.0. The second-order valence-electron chi connectivity index (χ2n) is 5.39. The lowest BCUT2D eigenvalue weighted by Crippen LogP contribution is -2.27. The fourth-order valence-corrected chi connectivity index (χ4v) is 2.72. The Morgan fingerprint density at radius 3 is 2.81 bits per heavy atom. The summed E-state index contributed by atoms with van der Waals surface area (Å²) < 4.78 is 0. The molecule has 0 unspecified atom stereocenters. The Morgan fingerprint density at radius 2 is 2.05 bits per heavy atom. The smallest absolute Gasteiger partial charge is 0.354 e. The molecule has 3 rings (SSSR count). The van der Waals surface area contributed by atoms with Crippen LogP contribution in [0.15, 0.2) is 24.3 Å². The molecule has 0 saturated heterocycles. The van der Waals surface area contributed by atoms with Crippen molar-refractivity contribution in [1.29, 1.82) is 0 Å². The van der Waals surface area contributed by atoms with E-state index in [1.165, 1.54) is 17.2 Å². The summed E-state index contributed by atoms with van der Waals surface area (Å²) in [6, 6.07) is 7.79. The number of aromatic nitrogens is 2. The lowest BCUT2D eigenvalue weighted by Gasteiger charge is -2.30. The summed E-state index contributed by atoms with van der Waals surface area (Å²) in [4.78, 5) is 21.8. The van der Waals surface area contributed by atoms with Crippen molar-refractivity contribution in [2.24, 2.45) is 0 Å². The van der Waals surface area contributed by atoms with Gasteiger partial charge < -0.3 is 10.0 Å². The fraction of sp³-hybridized carbons (Fsp3) is 0.312. The summed E-state index contributed by atoms with van der Waals surface area (Å²) in [6.07, 6.45) is 2.04. The summed E-state index contributed by atoms with van der Waals surface area (Å²) in [7, 11) is 0. The van der Waals surface area contributed by atoms with Gasteiger partial charge in [-0.1, -0.05) is 17.7 Å². The molecule has 0 saturated carbocycles. The van der Waals surface area contributed by atoms with E-state index in [9.17, 15) is 4.79 Å². The van der Waals surface area contributed by atoms with Crippen LogP contribution in [0.25, 0.3) is 0 Å². The Bertz CT molecular complexity index is 713. The molecule has 1 aliphatic heterocycles. The number of carbonyl (C=O) groups is 1. The number of fused-ring (bicyclic) bond motifs is 1. The third kappa shape index (κ3) is 2.59. The van der Waals surface area contributed by atoms with E-state index < -0.39 is 5.97 Å². The first-order valence-corrected chi connectivity index (χ1v) is 7.00. The van der Waals surface area contributed by atoms with E-state index in [4.69, 9.17) is 5.11 Å². The molecule has 108 valence electrons. The Hall–Kier alpha value is -2.43. The molecule has 1 aromatic carbocycles. The van der Waals surface area contributed by atoms with Gasteiger partial charge in [-0.05, 0) is 44.4 Å². The normalized spacial score (nSPS) is 13.9. The molecule has 2 aromatic rings. The molecule has 1 N–H and O–H groups in total. The molecule has 0 bridgehead atoms. The predicted octanol–water partition coefficient (Wildman–Crippen LogP) is 2.88. The number of hydrogen-bond acceptors (Lipinski definition) is 4. The van der Waals surface area contributed by atoms with E-state index in [0.717, 1.165) is 25.1 Å². The summed E-state index contributed by atoms with van der Waals surface area (Å²) >= 11 is 0. The van der Waals surface area contributed by atoms with Crippen molar-refractivity contribution in [2.75, 3.05) is 11.4 Å². The van der Waals surface area contributed by atoms with Crippen LogP contribution in [0.1, 0.15) is 33.7 Å². The quantitative estimate of drug-likeness (QED) is 0.918. The SMILES string of the molecule is Cc1ccc2c(c1)CCCN2c1nc(C)cc(C(=O)O)n1.